The van der Waals surface area contributed by atoms with E-state index in [-0.39, 0.29) is 0 Å². The smallest absolute Gasteiger partial charge is 0.0992 e. The van der Waals surface area contributed by atoms with Crippen LogP contribution in [0.3, 0.4) is 0 Å². The maximum atomic E-state index is 5.55. The van der Waals surface area contributed by atoms with Crippen molar-refractivity contribution < 1.29 is 0 Å². The molecule has 0 aliphatic rings. The fraction of sp³-hybridized carbons (Fsp3) is 0.267. The van der Waals surface area contributed by atoms with Crippen LogP contribution in [0.4, 0.5) is 0 Å². The Bertz CT molecular complexity index is 497. The lowest BCUT2D eigenvalue weighted by atomic mass is 10.2. The van der Waals surface area contributed by atoms with Gasteiger partial charge in [-0.1, -0.05) is 36.4 Å². The number of hydrogen-bond acceptors (Lipinski definition) is 3. The van der Waals surface area contributed by atoms with Crippen LogP contribution < -0.4 is 5.73 Å². The lowest BCUT2D eigenvalue weighted by Crippen LogP contribution is -2.03. The van der Waals surface area contributed by atoms with Crippen LogP contribution in [0.2, 0.25) is 0 Å². The number of rotatable bonds is 5. The minimum atomic E-state index is 0.678. The predicted molar refractivity (Wildman–Crippen MR) is 77.7 cm³/mol. The van der Waals surface area contributed by atoms with E-state index in [4.69, 9.17) is 5.73 Å². The maximum absolute atomic E-state index is 5.55. The Morgan fingerprint density at radius 3 is 2.61 bits per heavy atom. The van der Waals surface area contributed by atoms with Crippen molar-refractivity contribution in [3.63, 3.8) is 0 Å². The zero-order valence-electron chi connectivity index (χ0n) is 10.6. The third-order valence-electron chi connectivity index (χ3n) is 2.74. The molecule has 1 aromatic carbocycles. The first kappa shape index (κ1) is 13.1. The van der Waals surface area contributed by atoms with Crippen molar-refractivity contribution in [1.82, 2.24) is 4.98 Å². The second-order valence-corrected chi connectivity index (χ2v) is 5.24. The van der Waals surface area contributed by atoms with Gasteiger partial charge in [0.05, 0.1) is 5.03 Å². The number of hydrogen-bond donors (Lipinski definition) is 1. The van der Waals surface area contributed by atoms with Gasteiger partial charge in [0.1, 0.15) is 0 Å². The molecule has 18 heavy (non-hydrogen) atoms. The van der Waals surface area contributed by atoms with Crippen molar-refractivity contribution >= 4 is 11.8 Å². The molecule has 0 bridgehead atoms. The first-order valence-corrected chi connectivity index (χ1v) is 7.10. The van der Waals surface area contributed by atoms with Gasteiger partial charge in [-0.25, -0.2) is 4.98 Å². The van der Waals surface area contributed by atoms with Gasteiger partial charge in [0.25, 0.3) is 0 Å². The third kappa shape index (κ3) is 3.59. The summed E-state index contributed by atoms with van der Waals surface area (Å²) >= 11 is 1.78. The van der Waals surface area contributed by atoms with Crippen molar-refractivity contribution in [2.24, 2.45) is 5.73 Å². The lowest BCUT2D eigenvalue weighted by molar-refractivity contribution is 0.935. The number of thioether (sulfide) groups is 1. The summed E-state index contributed by atoms with van der Waals surface area (Å²) in [6.07, 6.45) is 2.84. The molecule has 0 saturated heterocycles. The molecule has 1 aromatic heterocycles. The largest absolute Gasteiger partial charge is 0.330 e. The van der Waals surface area contributed by atoms with E-state index in [1.54, 1.807) is 11.8 Å². The SMILES string of the molecule is Cc1cc(CCN)cnc1SCc1ccccc1. The van der Waals surface area contributed by atoms with E-state index in [0.717, 1.165) is 17.2 Å². The molecule has 0 amide bonds. The molecule has 0 spiro atoms. The van der Waals surface area contributed by atoms with Crippen LogP contribution in [0.15, 0.2) is 47.6 Å². The van der Waals surface area contributed by atoms with Gasteiger partial charge < -0.3 is 5.73 Å². The summed E-state index contributed by atoms with van der Waals surface area (Å²) in [6, 6.07) is 12.7. The van der Waals surface area contributed by atoms with Gasteiger partial charge in [-0.2, -0.15) is 0 Å². The highest BCUT2D eigenvalue weighted by Crippen LogP contribution is 2.24. The molecular weight excluding hydrogens is 240 g/mol. The Balaban J connectivity index is 2.01. The second kappa shape index (κ2) is 6.57. The number of aromatic nitrogens is 1. The van der Waals surface area contributed by atoms with Crippen LogP contribution in [0.1, 0.15) is 16.7 Å². The van der Waals surface area contributed by atoms with Crippen LogP contribution in [-0.4, -0.2) is 11.5 Å². The van der Waals surface area contributed by atoms with Crippen molar-refractivity contribution in [2.75, 3.05) is 6.54 Å². The van der Waals surface area contributed by atoms with Crippen LogP contribution in [0, 0.1) is 6.92 Å². The van der Waals surface area contributed by atoms with E-state index >= 15 is 0 Å². The molecule has 0 radical (unpaired) electrons. The van der Waals surface area contributed by atoms with Crippen molar-refractivity contribution in [2.45, 2.75) is 24.1 Å². The first-order valence-electron chi connectivity index (χ1n) is 6.12. The molecule has 0 fully saturated rings. The van der Waals surface area contributed by atoms with E-state index in [9.17, 15) is 0 Å². The Morgan fingerprint density at radius 1 is 1.17 bits per heavy atom. The molecule has 0 saturated carbocycles. The fourth-order valence-electron chi connectivity index (χ4n) is 1.80. The van der Waals surface area contributed by atoms with Crippen molar-refractivity contribution in [3.05, 3.63) is 59.3 Å². The summed E-state index contributed by atoms with van der Waals surface area (Å²) in [5.41, 5.74) is 9.34. The quantitative estimate of drug-likeness (QED) is 0.837. The zero-order valence-corrected chi connectivity index (χ0v) is 11.4. The Hall–Kier alpha value is -1.32. The van der Waals surface area contributed by atoms with Gasteiger partial charge in [0, 0.05) is 11.9 Å². The zero-order chi connectivity index (χ0) is 12.8. The second-order valence-electron chi connectivity index (χ2n) is 4.28. The summed E-state index contributed by atoms with van der Waals surface area (Å²) in [4.78, 5) is 4.52. The number of pyridine rings is 1. The molecule has 0 atom stereocenters. The van der Waals surface area contributed by atoms with Crippen LogP contribution in [0.25, 0.3) is 0 Å². The lowest BCUT2D eigenvalue weighted by Gasteiger charge is -2.07. The van der Waals surface area contributed by atoms with E-state index in [2.05, 4.69) is 42.2 Å². The normalized spacial score (nSPS) is 10.6. The maximum Gasteiger partial charge on any atom is 0.0992 e. The van der Waals surface area contributed by atoms with Crippen LogP contribution in [-0.2, 0) is 12.2 Å². The molecule has 2 N–H and O–H groups in total. The topological polar surface area (TPSA) is 38.9 Å². The number of nitrogens with zero attached hydrogens (tertiary/aromatic N) is 1. The summed E-state index contributed by atoms with van der Waals surface area (Å²) in [7, 11) is 0. The molecule has 2 aromatic rings. The summed E-state index contributed by atoms with van der Waals surface area (Å²) in [6.45, 7) is 2.79. The van der Waals surface area contributed by atoms with E-state index in [0.29, 0.717) is 6.54 Å². The minimum Gasteiger partial charge on any atom is -0.330 e. The standard InChI is InChI=1S/C15H18N2S/c1-12-9-14(7-8-16)10-17-15(12)18-11-13-5-3-2-4-6-13/h2-6,9-10H,7-8,11,16H2,1H3. The van der Waals surface area contributed by atoms with Gasteiger partial charge in [-0.3, -0.25) is 0 Å². The Labute approximate surface area is 113 Å². The van der Waals surface area contributed by atoms with Gasteiger partial charge >= 0.3 is 0 Å². The van der Waals surface area contributed by atoms with Gasteiger partial charge in [-0.15, -0.1) is 11.8 Å². The molecule has 2 rings (SSSR count). The summed E-state index contributed by atoms with van der Waals surface area (Å²) in [5, 5.41) is 1.11. The molecule has 0 aliphatic heterocycles. The Kier molecular flexibility index (Phi) is 4.79. The van der Waals surface area contributed by atoms with Crippen molar-refractivity contribution in [3.8, 4) is 0 Å². The molecule has 94 valence electrons. The Morgan fingerprint density at radius 2 is 1.94 bits per heavy atom. The average molecular weight is 258 g/mol. The van der Waals surface area contributed by atoms with E-state index < -0.39 is 0 Å². The van der Waals surface area contributed by atoms with Crippen LogP contribution >= 0.6 is 11.8 Å². The van der Waals surface area contributed by atoms with Gasteiger partial charge in [0.2, 0.25) is 0 Å². The van der Waals surface area contributed by atoms with E-state index in [1.807, 2.05) is 12.3 Å². The average Bonchev–Trinajstić information content (AvgIpc) is 2.39. The highest BCUT2D eigenvalue weighted by Gasteiger charge is 2.03. The van der Waals surface area contributed by atoms with Gasteiger partial charge in [0.15, 0.2) is 0 Å². The highest BCUT2D eigenvalue weighted by atomic mass is 32.2. The fourth-order valence-corrected chi connectivity index (χ4v) is 2.71. The third-order valence-corrected chi connectivity index (χ3v) is 3.92. The predicted octanol–water partition coefficient (Wildman–Crippen LogP) is 3.18. The first-order chi connectivity index (χ1) is 8.79. The summed E-state index contributed by atoms with van der Waals surface area (Å²) < 4.78 is 0. The van der Waals surface area contributed by atoms with Gasteiger partial charge in [-0.05, 0) is 36.6 Å². The molecule has 3 heteroatoms. The number of benzene rings is 1. The number of nitrogens with two attached hydrogens (primary N) is 1. The summed E-state index contributed by atoms with van der Waals surface area (Å²) in [5.74, 6) is 0.963. The monoisotopic (exact) mass is 258 g/mol. The van der Waals surface area contributed by atoms with Crippen LogP contribution in [0.5, 0.6) is 0 Å². The van der Waals surface area contributed by atoms with E-state index in [1.165, 1.54) is 16.7 Å². The molecular formula is C15H18N2S. The molecule has 1 heterocycles. The minimum absolute atomic E-state index is 0.678. The highest BCUT2D eigenvalue weighted by molar-refractivity contribution is 7.98. The molecule has 2 nitrogen and oxygen atoms in total. The molecule has 0 aliphatic carbocycles. The van der Waals surface area contributed by atoms with Crippen molar-refractivity contribution in [1.29, 1.82) is 0 Å². The number of aryl methyl sites for hydroxylation is 1. The molecule has 0 unspecified atom stereocenters.